The molecule has 0 unspecified atom stereocenters. The highest BCUT2D eigenvalue weighted by Crippen LogP contribution is 2.37. The molecule has 0 aromatic heterocycles. The number of methoxy groups -OCH3 is 1. The van der Waals surface area contributed by atoms with Crippen LogP contribution in [0, 0.1) is 0 Å². The van der Waals surface area contributed by atoms with Crippen LogP contribution in [0.15, 0.2) is 0 Å². The van der Waals surface area contributed by atoms with E-state index in [2.05, 4.69) is 4.74 Å². The van der Waals surface area contributed by atoms with E-state index in [4.69, 9.17) is 9.47 Å². The smallest absolute Gasteiger partial charge is 0.305 e. The summed E-state index contributed by atoms with van der Waals surface area (Å²) in [6.07, 6.45) is -1.23. The molecule has 2 heterocycles. The van der Waals surface area contributed by atoms with Gasteiger partial charge in [-0.3, -0.25) is 4.79 Å². The molecule has 2 fully saturated rings. The highest BCUT2D eigenvalue weighted by molar-refractivity contribution is 5.69. The number of fused-ring (bicyclic) bond motifs is 1. The van der Waals surface area contributed by atoms with E-state index in [1.807, 2.05) is 0 Å². The van der Waals surface area contributed by atoms with Crippen LogP contribution in [0.5, 0.6) is 0 Å². The van der Waals surface area contributed by atoms with Crippen LogP contribution in [0.2, 0.25) is 0 Å². The Hall–Kier alpha value is -0.730. The number of esters is 1. The van der Waals surface area contributed by atoms with Crippen LogP contribution in [-0.2, 0) is 19.0 Å². The lowest BCUT2D eigenvalue weighted by molar-refractivity contribution is -0.211. The van der Waals surface area contributed by atoms with E-state index >= 15 is 0 Å². The molecule has 110 valence electrons. The van der Waals surface area contributed by atoms with Gasteiger partial charge in [-0.15, -0.1) is 0 Å². The lowest BCUT2D eigenvalue weighted by atomic mass is 10.0. The third-order valence-electron chi connectivity index (χ3n) is 3.54. The van der Waals surface area contributed by atoms with Crippen LogP contribution in [0.25, 0.3) is 0 Å². The molecule has 0 aliphatic carbocycles. The number of hydrogen-bond donors (Lipinski definition) is 2. The minimum Gasteiger partial charge on any atom is -0.469 e. The van der Waals surface area contributed by atoms with Crippen LogP contribution in [-0.4, -0.2) is 65.1 Å². The molecular formula is C12H21NO6. The van der Waals surface area contributed by atoms with Gasteiger partial charge in [-0.1, -0.05) is 0 Å². The fraction of sp³-hybridized carbons (Fsp3) is 0.917. The van der Waals surface area contributed by atoms with Crippen molar-refractivity contribution >= 4 is 5.97 Å². The standard InChI is InChI=1S/C12H21NO6/c1-12(2)18-8-6-13(16)10(11(8)19-12)7(14)4-5-9(15)17-3/h7-8,10-11,14,16H,4-6H2,1-3H3/t7-,8+,10-,11+/m0/s1. The Labute approximate surface area is 112 Å². The monoisotopic (exact) mass is 275 g/mol. The molecule has 0 amide bonds. The second-order valence-corrected chi connectivity index (χ2v) is 5.43. The second kappa shape index (κ2) is 5.34. The molecule has 0 aromatic rings. The molecule has 0 aromatic carbocycles. The highest BCUT2D eigenvalue weighted by Gasteiger charge is 2.54. The Morgan fingerprint density at radius 3 is 2.84 bits per heavy atom. The number of carbonyl (C=O) groups is 1. The van der Waals surface area contributed by atoms with Gasteiger partial charge >= 0.3 is 5.97 Å². The Balaban J connectivity index is 1.96. The lowest BCUT2D eigenvalue weighted by Crippen LogP contribution is -2.45. The number of carbonyl (C=O) groups excluding carboxylic acids is 1. The Kier molecular flexibility index (Phi) is 4.12. The quantitative estimate of drug-likeness (QED) is 0.692. The lowest BCUT2D eigenvalue weighted by Gasteiger charge is -2.29. The van der Waals surface area contributed by atoms with Crippen molar-refractivity contribution in [3.8, 4) is 0 Å². The first-order valence-corrected chi connectivity index (χ1v) is 6.40. The summed E-state index contributed by atoms with van der Waals surface area (Å²) in [4.78, 5) is 11.1. The van der Waals surface area contributed by atoms with Crippen molar-refractivity contribution in [3.63, 3.8) is 0 Å². The van der Waals surface area contributed by atoms with Crippen molar-refractivity contribution in [2.75, 3.05) is 13.7 Å². The minimum absolute atomic E-state index is 0.101. The largest absolute Gasteiger partial charge is 0.469 e. The van der Waals surface area contributed by atoms with Gasteiger partial charge in [-0.05, 0) is 20.3 Å². The zero-order valence-electron chi connectivity index (χ0n) is 11.4. The van der Waals surface area contributed by atoms with Gasteiger partial charge in [-0.2, -0.15) is 5.06 Å². The molecule has 4 atom stereocenters. The molecule has 0 spiro atoms. The van der Waals surface area contributed by atoms with Crippen molar-refractivity contribution in [3.05, 3.63) is 0 Å². The summed E-state index contributed by atoms with van der Waals surface area (Å²) in [6, 6.07) is -0.587. The summed E-state index contributed by atoms with van der Waals surface area (Å²) < 4.78 is 15.9. The SMILES string of the molecule is COC(=O)CC[C@H](O)[C@H]1[C@@H]2OC(C)(C)O[C@@H]2CN1O. The normalized spacial score (nSPS) is 35.1. The van der Waals surface area contributed by atoms with Crippen LogP contribution < -0.4 is 0 Å². The first-order valence-electron chi connectivity index (χ1n) is 6.40. The number of hydroxylamine groups is 2. The number of nitrogens with zero attached hydrogens (tertiary/aromatic N) is 1. The summed E-state index contributed by atoms with van der Waals surface area (Å²) in [5.41, 5.74) is 0. The molecular weight excluding hydrogens is 254 g/mol. The number of ether oxygens (including phenoxy) is 3. The molecule has 7 heteroatoms. The van der Waals surface area contributed by atoms with Crippen LogP contribution in [0.1, 0.15) is 26.7 Å². The second-order valence-electron chi connectivity index (χ2n) is 5.43. The first kappa shape index (κ1) is 14.7. The third-order valence-corrected chi connectivity index (χ3v) is 3.54. The molecule has 2 N–H and O–H groups in total. The third kappa shape index (κ3) is 3.06. The minimum atomic E-state index is -0.878. The fourth-order valence-electron chi connectivity index (χ4n) is 2.73. The van der Waals surface area contributed by atoms with Crippen LogP contribution in [0.3, 0.4) is 0 Å². The molecule has 2 saturated heterocycles. The topological polar surface area (TPSA) is 88.5 Å². The zero-order chi connectivity index (χ0) is 14.2. The Morgan fingerprint density at radius 1 is 1.53 bits per heavy atom. The zero-order valence-corrected chi connectivity index (χ0v) is 11.4. The molecule has 2 aliphatic rings. The van der Waals surface area contributed by atoms with Crippen molar-refractivity contribution in [2.24, 2.45) is 0 Å². The van der Waals surface area contributed by atoms with Gasteiger partial charge in [0.05, 0.1) is 25.8 Å². The van der Waals surface area contributed by atoms with Crippen molar-refractivity contribution < 1.29 is 29.3 Å². The summed E-state index contributed by atoms with van der Waals surface area (Å²) in [7, 11) is 1.30. The molecule has 2 rings (SSSR count). The van der Waals surface area contributed by atoms with Crippen LogP contribution in [0.4, 0.5) is 0 Å². The highest BCUT2D eigenvalue weighted by atomic mass is 16.8. The van der Waals surface area contributed by atoms with Gasteiger partial charge in [0.2, 0.25) is 0 Å². The molecule has 0 radical (unpaired) electrons. The van der Waals surface area contributed by atoms with Gasteiger partial charge in [0.1, 0.15) is 12.2 Å². The van der Waals surface area contributed by atoms with Crippen LogP contribution >= 0.6 is 0 Å². The summed E-state index contributed by atoms with van der Waals surface area (Å²) in [5.74, 6) is -1.10. The number of hydrogen-bond acceptors (Lipinski definition) is 7. The number of rotatable bonds is 4. The van der Waals surface area contributed by atoms with E-state index in [1.165, 1.54) is 7.11 Å². The van der Waals surface area contributed by atoms with Gasteiger partial charge in [0.25, 0.3) is 0 Å². The van der Waals surface area contributed by atoms with E-state index in [-0.39, 0.29) is 31.5 Å². The fourth-order valence-corrected chi connectivity index (χ4v) is 2.73. The van der Waals surface area contributed by atoms with E-state index in [0.29, 0.717) is 0 Å². The molecule has 7 nitrogen and oxygen atoms in total. The molecule has 0 bridgehead atoms. The van der Waals surface area contributed by atoms with Gasteiger partial charge in [0, 0.05) is 6.42 Å². The van der Waals surface area contributed by atoms with Gasteiger partial charge in [0.15, 0.2) is 5.79 Å². The average molecular weight is 275 g/mol. The number of aliphatic hydroxyl groups is 1. The predicted molar refractivity (Wildman–Crippen MR) is 63.4 cm³/mol. The van der Waals surface area contributed by atoms with E-state index in [1.54, 1.807) is 13.8 Å². The summed E-state index contributed by atoms with van der Waals surface area (Å²) in [6.45, 7) is 3.88. The van der Waals surface area contributed by atoms with Crippen molar-refractivity contribution in [2.45, 2.75) is 56.8 Å². The summed E-state index contributed by atoms with van der Waals surface area (Å²) >= 11 is 0. The Bertz CT molecular complexity index is 347. The van der Waals surface area contributed by atoms with E-state index in [0.717, 1.165) is 5.06 Å². The van der Waals surface area contributed by atoms with Gasteiger partial charge < -0.3 is 24.5 Å². The molecule has 19 heavy (non-hydrogen) atoms. The number of aliphatic hydroxyl groups excluding tert-OH is 1. The van der Waals surface area contributed by atoms with E-state index in [9.17, 15) is 15.1 Å². The Morgan fingerprint density at radius 2 is 2.21 bits per heavy atom. The van der Waals surface area contributed by atoms with E-state index < -0.39 is 24.0 Å². The van der Waals surface area contributed by atoms with Crippen molar-refractivity contribution in [1.29, 1.82) is 0 Å². The maximum Gasteiger partial charge on any atom is 0.305 e. The maximum absolute atomic E-state index is 11.1. The van der Waals surface area contributed by atoms with Gasteiger partial charge in [-0.25, -0.2) is 0 Å². The predicted octanol–water partition coefficient (Wildman–Crippen LogP) is -0.106. The molecule has 0 saturated carbocycles. The molecule has 2 aliphatic heterocycles. The van der Waals surface area contributed by atoms with Crippen molar-refractivity contribution in [1.82, 2.24) is 5.06 Å². The first-order chi connectivity index (χ1) is 8.84. The average Bonchev–Trinajstić information content (AvgIpc) is 2.75. The maximum atomic E-state index is 11.1. The summed E-state index contributed by atoms with van der Waals surface area (Å²) in [5, 5.41) is 21.0.